The molecule has 1 aromatic carbocycles. The summed E-state index contributed by atoms with van der Waals surface area (Å²) in [6, 6.07) is 8.70. The van der Waals surface area contributed by atoms with Crippen LogP contribution in [0.2, 0.25) is 0 Å². The van der Waals surface area contributed by atoms with Gasteiger partial charge in [0.05, 0.1) is 12.2 Å². The summed E-state index contributed by atoms with van der Waals surface area (Å²) in [6.45, 7) is 3.91. The molecule has 2 amide bonds. The van der Waals surface area contributed by atoms with Crippen molar-refractivity contribution in [1.82, 2.24) is 0 Å². The number of ether oxygens (including phenoxy) is 2. The minimum absolute atomic E-state index is 0.210. The topological polar surface area (TPSA) is 108 Å². The molecular weight excluding hydrogens is 368 g/mol. The zero-order valence-electron chi connectivity index (χ0n) is 14.9. The highest BCUT2D eigenvalue weighted by Gasteiger charge is 2.19. The first kappa shape index (κ1) is 20.2. The van der Waals surface area contributed by atoms with Crippen LogP contribution >= 0.6 is 11.3 Å². The molecule has 2 rings (SSSR count). The molecule has 8 heteroatoms. The lowest BCUT2D eigenvalue weighted by Gasteiger charge is -2.12. The molecule has 0 radical (unpaired) electrons. The molecule has 3 N–H and O–H groups in total. The number of primary amides is 1. The molecular formula is C19H20N2O5S. The molecule has 0 saturated carbocycles. The standard InChI is InChI=1S/C19H20N2O5S/c1-3-25-14-7-4-13(5-8-14)6-9-16(22)26-12(2)18(24)21-19-15(17(20)23)10-11-27-19/h4-12H,3H2,1-2H3,(H2,20,23)(H,21,24)/b9-6+/t12-/m1/s1. The van der Waals surface area contributed by atoms with E-state index in [-0.39, 0.29) is 5.56 Å². The third kappa shape index (κ3) is 5.96. The summed E-state index contributed by atoms with van der Waals surface area (Å²) in [5.74, 6) is -1.11. The van der Waals surface area contributed by atoms with E-state index in [1.807, 2.05) is 6.92 Å². The molecule has 0 aliphatic carbocycles. The monoisotopic (exact) mass is 388 g/mol. The van der Waals surface area contributed by atoms with Crippen LogP contribution in [0.15, 0.2) is 41.8 Å². The van der Waals surface area contributed by atoms with Crippen molar-refractivity contribution in [3.63, 3.8) is 0 Å². The molecule has 1 aromatic heterocycles. The Balaban J connectivity index is 1.89. The van der Waals surface area contributed by atoms with Crippen LogP contribution < -0.4 is 15.8 Å². The third-order valence-electron chi connectivity index (χ3n) is 3.43. The van der Waals surface area contributed by atoms with E-state index in [1.165, 1.54) is 19.1 Å². The van der Waals surface area contributed by atoms with Crippen molar-refractivity contribution in [2.75, 3.05) is 11.9 Å². The Kier molecular flexibility index (Phi) is 7.13. The number of thiophene rings is 1. The van der Waals surface area contributed by atoms with Gasteiger partial charge in [0.1, 0.15) is 10.8 Å². The molecule has 0 fully saturated rings. The maximum Gasteiger partial charge on any atom is 0.331 e. The average Bonchev–Trinajstić information content (AvgIpc) is 3.09. The number of amides is 2. The summed E-state index contributed by atoms with van der Waals surface area (Å²) in [5, 5.41) is 4.48. The normalized spacial score (nSPS) is 11.8. The highest BCUT2D eigenvalue weighted by molar-refractivity contribution is 7.14. The zero-order valence-corrected chi connectivity index (χ0v) is 15.7. The molecule has 0 unspecified atom stereocenters. The van der Waals surface area contributed by atoms with Gasteiger partial charge in [0.25, 0.3) is 11.8 Å². The number of nitrogens with one attached hydrogen (secondary N) is 1. The lowest BCUT2D eigenvalue weighted by Crippen LogP contribution is -2.29. The van der Waals surface area contributed by atoms with Crippen molar-refractivity contribution >= 4 is 40.2 Å². The van der Waals surface area contributed by atoms with Crippen LogP contribution in [0.1, 0.15) is 29.8 Å². The van der Waals surface area contributed by atoms with Crippen molar-refractivity contribution in [2.24, 2.45) is 5.73 Å². The van der Waals surface area contributed by atoms with Gasteiger partial charge in [-0.05, 0) is 49.1 Å². The number of hydrogen-bond donors (Lipinski definition) is 2. The fourth-order valence-electron chi connectivity index (χ4n) is 2.09. The van der Waals surface area contributed by atoms with Crippen LogP contribution in [-0.2, 0) is 14.3 Å². The molecule has 1 atom stereocenters. The Hall–Kier alpha value is -3.13. The summed E-state index contributed by atoms with van der Waals surface area (Å²) in [7, 11) is 0. The molecule has 0 aliphatic rings. The maximum absolute atomic E-state index is 12.1. The average molecular weight is 388 g/mol. The van der Waals surface area contributed by atoms with Gasteiger partial charge >= 0.3 is 5.97 Å². The Morgan fingerprint density at radius 3 is 2.56 bits per heavy atom. The minimum atomic E-state index is -1.04. The minimum Gasteiger partial charge on any atom is -0.494 e. The van der Waals surface area contributed by atoms with E-state index in [1.54, 1.807) is 35.7 Å². The predicted octanol–water partition coefficient (Wildman–Crippen LogP) is 2.83. The van der Waals surface area contributed by atoms with Gasteiger partial charge in [0.2, 0.25) is 0 Å². The predicted molar refractivity (Wildman–Crippen MR) is 104 cm³/mol. The van der Waals surface area contributed by atoms with Gasteiger partial charge in [0, 0.05) is 6.08 Å². The largest absolute Gasteiger partial charge is 0.494 e. The Bertz CT molecular complexity index is 842. The van der Waals surface area contributed by atoms with Gasteiger partial charge in [-0.3, -0.25) is 9.59 Å². The van der Waals surface area contributed by atoms with E-state index in [9.17, 15) is 14.4 Å². The second-order valence-corrected chi connectivity index (χ2v) is 6.35. The highest BCUT2D eigenvalue weighted by atomic mass is 32.1. The van der Waals surface area contributed by atoms with Gasteiger partial charge in [-0.1, -0.05) is 12.1 Å². The Labute approximate surface area is 160 Å². The number of rotatable bonds is 8. The molecule has 27 heavy (non-hydrogen) atoms. The van der Waals surface area contributed by atoms with Gasteiger partial charge in [-0.25, -0.2) is 4.79 Å². The van der Waals surface area contributed by atoms with E-state index in [0.29, 0.717) is 11.6 Å². The van der Waals surface area contributed by atoms with Crippen molar-refractivity contribution in [3.8, 4) is 5.75 Å². The molecule has 2 aromatic rings. The second kappa shape index (κ2) is 9.54. The Morgan fingerprint density at radius 2 is 1.93 bits per heavy atom. The first-order chi connectivity index (χ1) is 12.9. The molecule has 0 bridgehead atoms. The van der Waals surface area contributed by atoms with Crippen molar-refractivity contribution in [1.29, 1.82) is 0 Å². The van der Waals surface area contributed by atoms with Crippen LogP contribution in [0.5, 0.6) is 5.75 Å². The summed E-state index contributed by atoms with van der Waals surface area (Å²) >= 11 is 1.16. The first-order valence-electron chi connectivity index (χ1n) is 8.20. The van der Waals surface area contributed by atoms with Gasteiger partial charge in [-0.2, -0.15) is 0 Å². The lowest BCUT2D eigenvalue weighted by atomic mass is 10.2. The van der Waals surface area contributed by atoms with Crippen LogP contribution in [-0.4, -0.2) is 30.5 Å². The van der Waals surface area contributed by atoms with Crippen LogP contribution in [0, 0.1) is 0 Å². The fraction of sp³-hybridized carbons (Fsp3) is 0.211. The number of nitrogens with two attached hydrogens (primary N) is 1. The van der Waals surface area contributed by atoms with Crippen molar-refractivity contribution in [3.05, 3.63) is 52.9 Å². The third-order valence-corrected chi connectivity index (χ3v) is 4.26. The highest BCUT2D eigenvalue weighted by Crippen LogP contribution is 2.23. The maximum atomic E-state index is 12.1. The Morgan fingerprint density at radius 1 is 1.22 bits per heavy atom. The van der Waals surface area contributed by atoms with Crippen molar-refractivity contribution in [2.45, 2.75) is 20.0 Å². The zero-order chi connectivity index (χ0) is 19.8. The SMILES string of the molecule is CCOc1ccc(/C=C/C(=O)O[C@H](C)C(=O)Nc2sccc2C(N)=O)cc1. The summed E-state index contributed by atoms with van der Waals surface area (Å²) in [6.07, 6.45) is 1.78. The molecule has 7 nitrogen and oxygen atoms in total. The number of hydrogen-bond acceptors (Lipinski definition) is 6. The van der Waals surface area contributed by atoms with E-state index >= 15 is 0 Å². The quantitative estimate of drug-likeness (QED) is 0.534. The number of benzene rings is 1. The molecule has 0 spiro atoms. The van der Waals surface area contributed by atoms with E-state index < -0.39 is 23.9 Å². The van der Waals surface area contributed by atoms with Crippen LogP contribution in [0.4, 0.5) is 5.00 Å². The van der Waals surface area contributed by atoms with Crippen LogP contribution in [0.3, 0.4) is 0 Å². The molecule has 0 saturated heterocycles. The smallest absolute Gasteiger partial charge is 0.331 e. The van der Waals surface area contributed by atoms with Gasteiger partial charge in [-0.15, -0.1) is 11.3 Å². The fourth-order valence-corrected chi connectivity index (χ4v) is 2.88. The van der Waals surface area contributed by atoms with Crippen molar-refractivity contribution < 1.29 is 23.9 Å². The lowest BCUT2D eigenvalue weighted by molar-refractivity contribution is -0.148. The first-order valence-corrected chi connectivity index (χ1v) is 9.08. The number of carbonyl (C=O) groups excluding carboxylic acids is 3. The molecule has 142 valence electrons. The van der Waals surface area contributed by atoms with Crippen LogP contribution in [0.25, 0.3) is 6.08 Å². The van der Waals surface area contributed by atoms with E-state index in [2.05, 4.69) is 5.32 Å². The summed E-state index contributed by atoms with van der Waals surface area (Å²) < 4.78 is 10.4. The summed E-state index contributed by atoms with van der Waals surface area (Å²) in [4.78, 5) is 35.3. The summed E-state index contributed by atoms with van der Waals surface area (Å²) in [5.41, 5.74) is 6.23. The van der Waals surface area contributed by atoms with Gasteiger partial charge < -0.3 is 20.5 Å². The molecule has 1 heterocycles. The second-order valence-electron chi connectivity index (χ2n) is 5.43. The van der Waals surface area contributed by atoms with E-state index in [4.69, 9.17) is 15.2 Å². The number of carbonyl (C=O) groups is 3. The number of anilines is 1. The van der Waals surface area contributed by atoms with E-state index in [0.717, 1.165) is 22.6 Å². The molecule has 0 aliphatic heterocycles. The van der Waals surface area contributed by atoms with Gasteiger partial charge in [0.15, 0.2) is 6.10 Å². The number of esters is 1.